The first-order valence-electron chi connectivity index (χ1n) is 35.6. The van der Waals surface area contributed by atoms with Crippen molar-refractivity contribution in [2.45, 2.75) is 242 Å². The zero-order valence-electron chi connectivity index (χ0n) is 59.8. The highest BCUT2D eigenvalue weighted by Gasteiger charge is 2.52. The molecule has 6 aliphatic rings. The number of hydrogen-bond acceptors (Lipinski definition) is 12. The van der Waals surface area contributed by atoms with Gasteiger partial charge in [0.1, 0.15) is 47.8 Å². The molecule has 6 fully saturated rings. The summed E-state index contributed by atoms with van der Waals surface area (Å²) in [6, 6.07) is -8.60. The number of halogens is 4. The van der Waals surface area contributed by atoms with Gasteiger partial charge in [-0.2, -0.15) is 13.2 Å². The van der Waals surface area contributed by atoms with Crippen LogP contribution in [0.2, 0.25) is 0 Å². The Labute approximate surface area is 577 Å². The van der Waals surface area contributed by atoms with Crippen LogP contribution in [0.25, 0.3) is 0 Å². The number of fused-ring (bicyclic) bond motifs is 1. The van der Waals surface area contributed by atoms with Gasteiger partial charge in [-0.05, 0) is 126 Å². The molecule has 97 heavy (non-hydrogen) atoms. The molecule has 3 aliphatic carbocycles. The zero-order chi connectivity index (χ0) is 72.1. The third-order valence-electron chi connectivity index (χ3n) is 21.7. The number of alkyl halides is 4. The molecule has 28 heteroatoms. The summed E-state index contributed by atoms with van der Waals surface area (Å²) in [5.41, 5.74) is -1.55. The largest absolute Gasteiger partial charge is 0.393 e. The van der Waals surface area contributed by atoms with Crippen LogP contribution >= 0.6 is 11.6 Å². The monoisotopic (exact) mass is 1390 g/mol. The fourth-order valence-electron chi connectivity index (χ4n) is 15.5. The molecule has 548 valence electrons. The number of nitrogens with one attached hydrogen (secondary N) is 3. The molecule has 24 nitrogen and oxygen atoms in total. The lowest BCUT2D eigenvalue weighted by molar-refractivity contribution is -0.182. The van der Waals surface area contributed by atoms with Gasteiger partial charge < -0.3 is 60.0 Å². The number of rotatable bonds is 10. The smallest absolute Gasteiger partial charge is 0.343 e. The SMILES string of the molecule is CC[C@H](C)[C@@H]1NC(=O)[C@H](CC(C)C)N(C)C(=O)C[C@@H](C(=O)N2CCCCC2)N(C)C(=O)[C@H](C2CCCCC2)N(C)C(=O)C2(CCCC2)NC(=O)[C@@H]2CCCN2C(=O)[C@H](CCC2CCC(C(F)(F)F)C(Cl)C2)NC(=O)CN(C)C(=O)[C@H](C(C)C)N(C)C(=O)CN(C)C(=O)CN(C)C1=O. The predicted octanol–water partition coefficient (Wildman–Crippen LogP) is 5.17. The molecule has 12 amide bonds. The van der Waals surface area contributed by atoms with Gasteiger partial charge in [0.05, 0.1) is 32.0 Å². The molecule has 0 aromatic carbocycles. The van der Waals surface area contributed by atoms with Crippen LogP contribution in [-0.2, 0) is 57.5 Å². The number of carbonyl (C=O) groups is 12. The standard InChI is InChI=1S/C69H112ClF3N12O12/c1-14-44(6)57-64(94)79(9)40-55(88)77(7)41-56(89)82(12)58(43(4)5)65(95)78(8)39-53(86)74-49(30-28-45-27-29-47(48(70)37-45)69(71,72)73)62(92)85-35-23-26-50(85)61(91)76-68(31-19-20-32-68)67(97)83(13)59(46-24-17-15-18-25-46)66(96)81(11)52(63(93)84-33-21-16-22-34-84)38-54(87)80(10)51(36-42(2)3)60(90)75-57/h42-52,57-59H,14-41H2,1-13H3,(H,74,86)(H,75,90)(H,76,91)/t44-,45?,47?,48?,49-,50-,51-,52-,57-,58-,59-/m0/s1. The second-order valence-electron chi connectivity index (χ2n) is 29.7. The number of likely N-dealkylation sites (N-methyl/N-ethyl adjacent to an activating group) is 7. The summed E-state index contributed by atoms with van der Waals surface area (Å²) in [4.78, 5) is 189. The highest BCUT2D eigenvalue weighted by atomic mass is 35.5. The fourth-order valence-corrected chi connectivity index (χ4v) is 16.0. The molecule has 3 heterocycles. The van der Waals surface area contributed by atoms with E-state index in [1.54, 1.807) is 25.7 Å². The molecule has 3 saturated carbocycles. The first kappa shape index (κ1) is 79.7. The van der Waals surface area contributed by atoms with Gasteiger partial charge in [-0.1, -0.05) is 80.1 Å². The van der Waals surface area contributed by atoms with Crippen molar-refractivity contribution in [1.82, 2.24) is 60.0 Å². The van der Waals surface area contributed by atoms with Crippen LogP contribution in [0.3, 0.4) is 0 Å². The van der Waals surface area contributed by atoms with Crippen molar-refractivity contribution in [1.29, 1.82) is 0 Å². The predicted molar refractivity (Wildman–Crippen MR) is 358 cm³/mol. The van der Waals surface area contributed by atoms with Crippen LogP contribution in [0.1, 0.15) is 183 Å². The Bertz CT molecular complexity index is 2820. The molecule has 0 aromatic rings. The average molecular weight is 1390 g/mol. The van der Waals surface area contributed by atoms with E-state index in [-0.39, 0.29) is 76.2 Å². The van der Waals surface area contributed by atoms with E-state index in [1.807, 2.05) is 20.8 Å². The highest BCUT2D eigenvalue weighted by molar-refractivity contribution is 6.21. The number of carbonyl (C=O) groups excluding carboxylic acids is 12. The molecule has 1 spiro atoms. The minimum absolute atomic E-state index is 0.00263. The Morgan fingerprint density at radius 3 is 1.80 bits per heavy atom. The van der Waals surface area contributed by atoms with E-state index in [4.69, 9.17) is 11.6 Å². The topological polar surface area (TPSA) is 270 Å². The molecule has 0 radical (unpaired) electrons. The maximum Gasteiger partial charge on any atom is 0.393 e. The van der Waals surface area contributed by atoms with E-state index in [2.05, 4.69) is 16.0 Å². The summed E-state index contributed by atoms with van der Waals surface area (Å²) in [6.07, 6.45) is 3.26. The van der Waals surface area contributed by atoms with Gasteiger partial charge in [-0.15, -0.1) is 11.6 Å². The lowest BCUT2D eigenvalue weighted by Crippen LogP contribution is -2.65. The van der Waals surface area contributed by atoms with E-state index in [9.17, 15) is 41.9 Å². The van der Waals surface area contributed by atoms with E-state index in [1.165, 1.54) is 73.8 Å². The minimum atomic E-state index is -4.51. The molecule has 6 rings (SSSR count). The maximum absolute atomic E-state index is 15.8. The molecule has 0 aromatic heterocycles. The second kappa shape index (κ2) is 35.2. The lowest BCUT2D eigenvalue weighted by Gasteiger charge is -2.43. The van der Waals surface area contributed by atoms with Gasteiger partial charge in [0, 0.05) is 74.3 Å². The van der Waals surface area contributed by atoms with Crippen LogP contribution in [0.15, 0.2) is 0 Å². The Hall–Kier alpha value is -6.28. The van der Waals surface area contributed by atoms with E-state index >= 15 is 28.8 Å². The van der Waals surface area contributed by atoms with Gasteiger partial charge in [0.15, 0.2) is 0 Å². The van der Waals surface area contributed by atoms with E-state index in [0.717, 1.165) is 40.4 Å². The van der Waals surface area contributed by atoms with Crippen LogP contribution in [0.5, 0.6) is 0 Å². The van der Waals surface area contributed by atoms with Crippen molar-refractivity contribution in [2.75, 3.05) is 88.6 Å². The Morgan fingerprint density at radius 1 is 0.608 bits per heavy atom. The average Bonchev–Trinajstić information content (AvgIpc) is 1.76. The summed E-state index contributed by atoms with van der Waals surface area (Å²) < 4.78 is 41.9. The Balaban J connectivity index is 1.41. The zero-order valence-corrected chi connectivity index (χ0v) is 60.6. The lowest BCUT2D eigenvalue weighted by atomic mass is 9.78. The van der Waals surface area contributed by atoms with Crippen molar-refractivity contribution < 1.29 is 70.7 Å². The maximum atomic E-state index is 15.8. The third kappa shape index (κ3) is 20.0. The van der Waals surface area contributed by atoms with Crippen LogP contribution in [0, 0.1) is 35.5 Å². The molecule has 11 atom stereocenters. The number of hydrogen-bond donors (Lipinski definition) is 3. The summed E-state index contributed by atoms with van der Waals surface area (Å²) in [5.74, 6) is -11.3. The Morgan fingerprint density at radius 2 is 1.22 bits per heavy atom. The minimum Gasteiger partial charge on any atom is -0.343 e. The quantitative estimate of drug-likeness (QED) is 0.239. The van der Waals surface area contributed by atoms with Crippen LogP contribution in [-0.4, -0.2) is 263 Å². The number of amides is 12. The molecule has 0 bridgehead atoms. The van der Waals surface area contributed by atoms with Gasteiger partial charge >= 0.3 is 6.18 Å². The fraction of sp³-hybridized carbons (Fsp3) is 0.826. The summed E-state index contributed by atoms with van der Waals surface area (Å²) in [6.45, 7) is 9.86. The number of piperidine rings is 1. The highest BCUT2D eigenvalue weighted by Crippen LogP contribution is 2.44. The van der Waals surface area contributed by atoms with Crippen molar-refractivity contribution in [2.24, 2.45) is 35.5 Å². The molecule has 3 unspecified atom stereocenters. The van der Waals surface area contributed by atoms with Gasteiger partial charge in [-0.3, -0.25) is 57.5 Å². The first-order valence-corrected chi connectivity index (χ1v) is 36.0. The third-order valence-corrected chi connectivity index (χ3v) is 22.2. The normalized spacial score (nSPS) is 29.6. The van der Waals surface area contributed by atoms with Crippen LogP contribution in [0.4, 0.5) is 13.2 Å². The number of likely N-dealkylation sites (tertiary alicyclic amines) is 1. The van der Waals surface area contributed by atoms with Gasteiger partial charge in [0.25, 0.3) is 0 Å². The van der Waals surface area contributed by atoms with Gasteiger partial charge in [-0.25, -0.2) is 0 Å². The molecular formula is C69H112ClF3N12O12. The molecule has 3 N–H and O–H groups in total. The van der Waals surface area contributed by atoms with Crippen molar-refractivity contribution >= 4 is 82.5 Å². The summed E-state index contributed by atoms with van der Waals surface area (Å²) >= 11 is 6.37. The second-order valence-corrected chi connectivity index (χ2v) is 30.2. The van der Waals surface area contributed by atoms with Gasteiger partial charge in [0.2, 0.25) is 70.9 Å². The summed E-state index contributed by atoms with van der Waals surface area (Å²) in [7, 11) is 9.91. The Kier molecular flexibility index (Phi) is 28.9. The summed E-state index contributed by atoms with van der Waals surface area (Å²) in [5, 5.41) is 7.55. The molecule has 3 aliphatic heterocycles. The number of nitrogens with zero attached hydrogens (tertiary/aromatic N) is 9. The van der Waals surface area contributed by atoms with E-state index < -0.39 is 180 Å². The van der Waals surface area contributed by atoms with Crippen molar-refractivity contribution in [3.05, 3.63) is 0 Å². The van der Waals surface area contributed by atoms with E-state index in [0.29, 0.717) is 64.5 Å². The van der Waals surface area contributed by atoms with Crippen molar-refractivity contribution in [3.63, 3.8) is 0 Å². The molecular weight excluding hydrogens is 1280 g/mol. The van der Waals surface area contributed by atoms with Crippen molar-refractivity contribution in [3.8, 4) is 0 Å². The van der Waals surface area contributed by atoms with Crippen LogP contribution < -0.4 is 16.0 Å². The first-order chi connectivity index (χ1) is 45.5. The molecule has 3 saturated heterocycles.